The van der Waals surface area contributed by atoms with Gasteiger partial charge in [-0.15, -0.1) is 0 Å². The SMILES string of the molecule is CCOc1cc(Cl)ccc1C(=O)N1CCC(N2CCOCC2)C1. The summed E-state index contributed by atoms with van der Waals surface area (Å²) in [6.45, 7) is 7.46. The summed E-state index contributed by atoms with van der Waals surface area (Å²) in [6.07, 6.45) is 1.02. The summed E-state index contributed by atoms with van der Waals surface area (Å²) < 4.78 is 11.0. The zero-order valence-electron chi connectivity index (χ0n) is 13.5. The van der Waals surface area contributed by atoms with Gasteiger partial charge in [0.15, 0.2) is 0 Å². The van der Waals surface area contributed by atoms with E-state index in [1.807, 2.05) is 11.8 Å². The third kappa shape index (κ3) is 3.79. The van der Waals surface area contributed by atoms with Gasteiger partial charge in [0.05, 0.1) is 25.4 Å². The van der Waals surface area contributed by atoms with Crippen molar-refractivity contribution in [3.63, 3.8) is 0 Å². The second kappa shape index (κ2) is 7.51. The minimum atomic E-state index is 0.0286. The highest BCUT2D eigenvalue weighted by Crippen LogP contribution is 2.27. The van der Waals surface area contributed by atoms with Crippen molar-refractivity contribution in [1.82, 2.24) is 9.80 Å². The van der Waals surface area contributed by atoms with Crippen molar-refractivity contribution < 1.29 is 14.3 Å². The Kier molecular flexibility index (Phi) is 5.41. The number of carbonyl (C=O) groups excluding carboxylic acids is 1. The standard InChI is InChI=1S/C17H23ClN2O3/c1-2-23-16-11-13(18)3-4-15(16)17(21)20-6-5-14(12-20)19-7-9-22-10-8-19/h3-4,11,14H,2,5-10,12H2,1H3. The van der Waals surface area contributed by atoms with Gasteiger partial charge in [-0.05, 0) is 31.5 Å². The van der Waals surface area contributed by atoms with E-state index in [0.29, 0.717) is 29.0 Å². The highest BCUT2D eigenvalue weighted by atomic mass is 35.5. The van der Waals surface area contributed by atoms with Gasteiger partial charge in [0.1, 0.15) is 5.75 Å². The van der Waals surface area contributed by atoms with Crippen LogP contribution in [-0.2, 0) is 4.74 Å². The van der Waals surface area contributed by atoms with Crippen LogP contribution in [0.25, 0.3) is 0 Å². The fraction of sp³-hybridized carbons (Fsp3) is 0.588. The van der Waals surface area contributed by atoms with Crippen LogP contribution in [0.15, 0.2) is 18.2 Å². The number of nitrogens with zero attached hydrogens (tertiary/aromatic N) is 2. The topological polar surface area (TPSA) is 42.0 Å². The van der Waals surface area contributed by atoms with Crippen molar-refractivity contribution >= 4 is 17.5 Å². The minimum Gasteiger partial charge on any atom is -0.493 e. The van der Waals surface area contributed by atoms with Gasteiger partial charge < -0.3 is 14.4 Å². The molecule has 126 valence electrons. The smallest absolute Gasteiger partial charge is 0.257 e. The number of benzene rings is 1. The van der Waals surface area contributed by atoms with Gasteiger partial charge in [0.2, 0.25) is 0 Å². The van der Waals surface area contributed by atoms with Crippen LogP contribution in [-0.4, -0.2) is 67.7 Å². The first-order valence-electron chi connectivity index (χ1n) is 8.22. The lowest BCUT2D eigenvalue weighted by molar-refractivity contribution is 0.0185. The lowest BCUT2D eigenvalue weighted by Crippen LogP contribution is -2.45. The molecule has 0 saturated carbocycles. The summed E-state index contributed by atoms with van der Waals surface area (Å²) in [7, 11) is 0. The second-order valence-electron chi connectivity index (χ2n) is 5.92. The van der Waals surface area contributed by atoms with Crippen molar-refractivity contribution in [2.45, 2.75) is 19.4 Å². The molecule has 2 aliphatic heterocycles. The minimum absolute atomic E-state index is 0.0286. The van der Waals surface area contributed by atoms with E-state index in [0.717, 1.165) is 45.8 Å². The van der Waals surface area contributed by atoms with E-state index < -0.39 is 0 Å². The molecule has 2 heterocycles. The maximum Gasteiger partial charge on any atom is 0.257 e. The van der Waals surface area contributed by atoms with Gasteiger partial charge in [-0.25, -0.2) is 0 Å². The molecular formula is C17H23ClN2O3. The second-order valence-corrected chi connectivity index (χ2v) is 6.35. The third-order valence-corrected chi connectivity index (χ3v) is 4.72. The highest BCUT2D eigenvalue weighted by molar-refractivity contribution is 6.30. The number of hydrogen-bond donors (Lipinski definition) is 0. The third-order valence-electron chi connectivity index (χ3n) is 4.49. The van der Waals surface area contributed by atoms with Crippen molar-refractivity contribution in [1.29, 1.82) is 0 Å². The van der Waals surface area contributed by atoms with Gasteiger partial charge >= 0.3 is 0 Å². The molecule has 0 aromatic heterocycles. The number of rotatable bonds is 4. The van der Waals surface area contributed by atoms with E-state index in [1.54, 1.807) is 18.2 Å². The maximum atomic E-state index is 12.8. The lowest BCUT2D eigenvalue weighted by Gasteiger charge is -2.32. The molecule has 1 unspecified atom stereocenters. The maximum absolute atomic E-state index is 12.8. The van der Waals surface area contributed by atoms with Crippen molar-refractivity contribution in [3.8, 4) is 5.75 Å². The molecule has 5 nitrogen and oxygen atoms in total. The molecule has 1 aromatic carbocycles. The van der Waals surface area contributed by atoms with Crippen LogP contribution in [0.3, 0.4) is 0 Å². The number of morpholine rings is 1. The Balaban J connectivity index is 1.69. The van der Waals surface area contributed by atoms with Crippen LogP contribution in [0.1, 0.15) is 23.7 Å². The van der Waals surface area contributed by atoms with Crippen molar-refractivity contribution in [2.24, 2.45) is 0 Å². The normalized spacial score (nSPS) is 22.3. The number of hydrogen-bond acceptors (Lipinski definition) is 4. The molecule has 2 fully saturated rings. The molecule has 6 heteroatoms. The number of likely N-dealkylation sites (tertiary alicyclic amines) is 1. The van der Waals surface area contributed by atoms with Gasteiger partial charge in [-0.3, -0.25) is 9.69 Å². The molecule has 1 atom stereocenters. The van der Waals surface area contributed by atoms with Gasteiger partial charge in [0.25, 0.3) is 5.91 Å². The van der Waals surface area contributed by atoms with Crippen LogP contribution < -0.4 is 4.74 Å². The van der Waals surface area contributed by atoms with E-state index in [1.165, 1.54) is 0 Å². The van der Waals surface area contributed by atoms with Gasteiger partial charge in [0, 0.05) is 37.2 Å². The lowest BCUT2D eigenvalue weighted by atomic mass is 10.1. The van der Waals surface area contributed by atoms with Gasteiger partial charge in [-0.2, -0.15) is 0 Å². The molecule has 0 aliphatic carbocycles. The van der Waals surface area contributed by atoms with Crippen LogP contribution in [0.4, 0.5) is 0 Å². The largest absolute Gasteiger partial charge is 0.493 e. The molecule has 0 N–H and O–H groups in total. The monoisotopic (exact) mass is 338 g/mol. The van der Waals surface area contributed by atoms with Crippen LogP contribution in [0.5, 0.6) is 5.75 Å². The zero-order chi connectivity index (χ0) is 16.2. The summed E-state index contributed by atoms with van der Waals surface area (Å²) in [6, 6.07) is 5.66. The Bertz CT molecular complexity index is 561. The first kappa shape index (κ1) is 16.6. The summed E-state index contributed by atoms with van der Waals surface area (Å²) in [4.78, 5) is 17.2. The Labute approximate surface area is 142 Å². The number of ether oxygens (including phenoxy) is 2. The summed E-state index contributed by atoms with van der Waals surface area (Å²) in [5.74, 6) is 0.598. The molecule has 2 saturated heterocycles. The summed E-state index contributed by atoms with van der Waals surface area (Å²) in [5.41, 5.74) is 0.596. The van der Waals surface area contributed by atoms with E-state index in [2.05, 4.69) is 4.90 Å². The van der Waals surface area contributed by atoms with Crippen molar-refractivity contribution in [2.75, 3.05) is 46.0 Å². The molecule has 1 amide bonds. The molecule has 2 aliphatic rings. The zero-order valence-corrected chi connectivity index (χ0v) is 14.2. The number of carbonyl (C=O) groups is 1. The Hall–Kier alpha value is -1.30. The Morgan fingerprint density at radius 1 is 1.35 bits per heavy atom. The van der Waals surface area contributed by atoms with Gasteiger partial charge in [-0.1, -0.05) is 11.6 Å². The fourth-order valence-electron chi connectivity index (χ4n) is 3.29. The van der Waals surface area contributed by atoms with E-state index >= 15 is 0 Å². The fourth-order valence-corrected chi connectivity index (χ4v) is 3.45. The highest BCUT2D eigenvalue weighted by Gasteiger charge is 2.32. The van der Waals surface area contributed by atoms with Crippen LogP contribution >= 0.6 is 11.6 Å². The van der Waals surface area contributed by atoms with Crippen LogP contribution in [0.2, 0.25) is 5.02 Å². The average Bonchev–Trinajstić information content (AvgIpc) is 3.06. The average molecular weight is 339 g/mol. The molecule has 0 bridgehead atoms. The van der Waals surface area contributed by atoms with E-state index in [-0.39, 0.29) is 5.91 Å². The summed E-state index contributed by atoms with van der Waals surface area (Å²) >= 11 is 6.02. The van der Waals surface area contributed by atoms with E-state index in [9.17, 15) is 4.79 Å². The predicted molar refractivity (Wildman–Crippen MR) is 89.3 cm³/mol. The first-order chi connectivity index (χ1) is 11.2. The number of amides is 1. The van der Waals surface area contributed by atoms with E-state index in [4.69, 9.17) is 21.1 Å². The predicted octanol–water partition coefficient (Wildman–Crippen LogP) is 2.29. The molecule has 1 aromatic rings. The Morgan fingerprint density at radius 3 is 2.87 bits per heavy atom. The molecule has 0 spiro atoms. The molecule has 23 heavy (non-hydrogen) atoms. The molecule has 3 rings (SSSR count). The quantitative estimate of drug-likeness (QED) is 0.844. The van der Waals surface area contributed by atoms with Crippen molar-refractivity contribution in [3.05, 3.63) is 28.8 Å². The first-order valence-corrected chi connectivity index (χ1v) is 8.60. The molecular weight excluding hydrogens is 316 g/mol. The molecule has 0 radical (unpaired) electrons. The number of halogens is 1. The summed E-state index contributed by atoms with van der Waals surface area (Å²) in [5, 5.41) is 0.581. The Morgan fingerprint density at radius 2 is 2.13 bits per heavy atom. The van der Waals surface area contributed by atoms with Crippen LogP contribution in [0, 0.1) is 0 Å².